The molecule has 4 nitrogen and oxygen atoms in total. The topological polar surface area (TPSA) is 62.1 Å². The molecule has 2 rings (SSSR count). The van der Waals surface area contributed by atoms with Crippen molar-refractivity contribution in [2.45, 2.75) is 18.6 Å². The Labute approximate surface area is 147 Å². The summed E-state index contributed by atoms with van der Waals surface area (Å²) in [5.41, 5.74) is -2.45. The molecule has 0 saturated carbocycles. The minimum absolute atomic E-state index is 0.0506. The Kier molecular flexibility index (Phi) is 5.50. The monoisotopic (exact) mass is 366 g/mol. The summed E-state index contributed by atoms with van der Waals surface area (Å²) in [5, 5.41) is 11.7. The Morgan fingerprint density at radius 1 is 1.15 bits per heavy atom. The van der Waals surface area contributed by atoms with Gasteiger partial charge in [-0.1, -0.05) is 12.1 Å². The third kappa shape index (κ3) is 4.72. The molecule has 1 atom stereocenters. The zero-order valence-corrected chi connectivity index (χ0v) is 13.6. The van der Waals surface area contributed by atoms with Crippen molar-refractivity contribution in [3.8, 4) is 11.8 Å². The van der Waals surface area contributed by atoms with Crippen molar-refractivity contribution in [1.82, 2.24) is 5.32 Å². The van der Waals surface area contributed by atoms with E-state index in [1.54, 1.807) is 6.07 Å². The van der Waals surface area contributed by atoms with Crippen LogP contribution in [-0.4, -0.2) is 18.1 Å². The number of halogens is 4. The van der Waals surface area contributed by atoms with E-state index < -0.39 is 29.0 Å². The zero-order chi connectivity index (χ0) is 19.4. The summed E-state index contributed by atoms with van der Waals surface area (Å²) >= 11 is 0. The molecule has 0 bridgehead atoms. The molecule has 0 heterocycles. The van der Waals surface area contributed by atoms with Crippen LogP contribution in [0.3, 0.4) is 0 Å². The Bertz CT molecular complexity index is 828. The predicted octanol–water partition coefficient (Wildman–Crippen LogP) is 3.94. The van der Waals surface area contributed by atoms with Crippen LogP contribution in [0, 0.1) is 17.1 Å². The lowest BCUT2D eigenvalue weighted by Crippen LogP contribution is -2.49. The molecule has 0 spiro atoms. The van der Waals surface area contributed by atoms with Crippen molar-refractivity contribution in [3.63, 3.8) is 0 Å². The van der Waals surface area contributed by atoms with Crippen LogP contribution >= 0.6 is 0 Å². The van der Waals surface area contributed by atoms with Gasteiger partial charge in [0.2, 0.25) is 0 Å². The minimum Gasteiger partial charge on any atom is -0.487 e. The number of carbonyl (C=O) groups excluding carboxylic acids is 1. The number of carbonyl (C=O) groups is 1. The van der Waals surface area contributed by atoms with E-state index in [4.69, 9.17) is 4.74 Å². The van der Waals surface area contributed by atoms with Gasteiger partial charge in [0.05, 0.1) is 11.6 Å². The molecule has 2 aromatic carbocycles. The first-order valence-corrected chi connectivity index (χ1v) is 7.43. The average Bonchev–Trinajstić information content (AvgIpc) is 2.60. The van der Waals surface area contributed by atoms with Crippen LogP contribution in [0.5, 0.6) is 5.75 Å². The highest BCUT2D eigenvalue weighted by Crippen LogP contribution is 2.29. The van der Waals surface area contributed by atoms with Gasteiger partial charge in [-0.15, -0.1) is 0 Å². The summed E-state index contributed by atoms with van der Waals surface area (Å²) in [4.78, 5) is 12.2. The first-order valence-electron chi connectivity index (χ1n) is 7.43. The Balaban J connectivity index is 2.07. The summed E-state index contributed by atoms with van der Waals surface area (Å²) in [7, 11) is 0. The number of nitrogens with zero attached hydrogens (tertiary/aromatic N) is 1. The van der Waals surface area contributed by atoms with Gasteiger partial charge < -0.3 is 10.1 Å². The SMILES string of the molecule is CC(C#N)(COc1ccccc1F)NC(=O)c1ccc(C(F)(F)F)cc1. The van der Waals surface area contributed by atoms with E-state index in [1.807, 2.05) is 6.07 Å². The van der Waals surface area contributed by atoms with E-state index in [-0.39, 0.29) is 17.9 Å². The molecule has 0 aliphatic rings. The highest BCUT2D eigenvalue weighted by molar-refractivity contribution is 5.95. The second-order valence-corrected chi connectivity index (χ2v) is 5.69. The summed E-state index contributed by atoms with van der Waals surface area (Å²) in [6.07, 6.45) is -4.51. The number of amides is 1. The van der Waals surface area contributed by atoms with Crippen molar-refractivity contribution in [1.29, 1.82) is 5.26 Å². The number of ether oxygens (including phenoxy) is 1. The summed E-state index contributed by atoms with van der Waals surface area (Å²) in [6.45, 7) is 1.01. The number of alkyl halides is 3. The summed E-state index contributed by atoms with van der Waals surface area (Å²) in [5.74, 6) is -1.46. The highest BCUT2D eigenvalue weighted by Gasteiger charge is 2.31. The van der Waals surface area contributed by atoms with Gasteiger partial charge in [-0.05, 0) is 43.3 Å². The van der Waals surface area contributed by atoms with Gasteiger partial charge in [-0.25, -0.2) is 4.39 Å². The molecule has 1 unspecified atom stereocenters. The maximum absolute atomic E-state index is 13.5. The number of hydrogen-bond acceptors (Lipinski definition) is 3. The fourth-order valence-corrected chi connectivity index (χ4v) is 2.01. The number of nitrogens with one attached hydrogen (secondary N) is 1. The first kappa shape index (κ1) is 19.2. The third-order valence-electron chi connectivity index (χ3n) is 3.46. The van der Waals surface area contributed by atoms with Gasteiger partial charge in [0.1, 0.15) is 6.61 Å². The van der Waals surface area contributed by atoms with Crippen LogP contribution in [0.1, 0.15) is 22.8 Å². The second-order valence-electron chi connectivity index (χ2n) is 5.69. The van der Waals surface area contributed by atoms with E-state index in [1.165, 1.54) is 25.1 Å². The Morgan fingerprint density at radius 2 is 1.77 bits per heavy atom. The number of benzene rings is 2. The second kappa shape index (κ2) is 7.44. The molecule has 2 aromatic rings. The van der Waals surface area contributed by atoms with Crippen LogP contribution in [0.25, 0.3) is 0 Å². The molecule has 8 heteroatoms. The van der Waals surface area contributed by atoms with Crippen LogP contribution in [-0.2, 0) is 6.18 Å². The lowest BCUT2D eigenvalue weighted by atomic mass is 10.0. The van der Waals surface area contributed by atoms with Gasteiger partial charge >= 0.3 is 6.18 Å². The van der Waals surface area contributed by atoms with Crippen molar-refractivity contribution in [2.24, 2.45) is 0 Å². The van der Waals surface area contributed by atoms with E-state index in [0.29, 0.717) is 0 Å². The van der Waals surface area contributed by atoms with Crippen LogP contribution in [0.15, 0.2) is 48.5 Å². The summed E-state index contributed by atoms with van der Waals surface area (Å²) < 4.78 is 56.4. The Hall–Kier alpha value is -3.08. The van der Waals surface area contributed by atoms with Gasteiger partial charge in [0.25, 0.3) is 5.91 Å². The Morgan fingerprint density at radius 3 is 2.31 bits per heavy atom. The van der Waals surface area contributed by atoms with E-state index >= 15 is 0 Å². The van der Waals surface area contributed by atoms with Crippen molar-refractivity contribution in [2.75, 3.05) is 6.61 Å². The van der Waals surface area contributed by atoms with E-state index in [0.717, 1.165) is 24.3 Å². The largest absolute Gasteiger partial charge is 0.487 e. The molecule has 0 fully saturated rings. The number of para-hydroxylation sites is 1. The number of rotatable bonds is 5. The maximum atomic E-state index is 13.5. The van der Waals surface area contributed by atoms with Gasteiger partial charge in [-0.2, -0.15) is 18.4 Å². The number of nitriles is 1. The van der Waals surface area contributed by atoms with E-state index in [2.05, 4.69) is 5.32 Å². The zero-order valence-electron chi connectivity index (χ0n) is 13.6. The fourth-order valence-electron chi connectivity index (χ4n) is 2.01. The maximum Gasteiger partial charge on any atom is 0.416 e. The highest BCUT2D eigenvalue weighted by atomic mass is 19.4. The molecular weight excluding hydrogens is 352 g/mol. The lowest BCUT2D eigenvalue weighted by Gasteiger charge is -2.23. The quantitative estimate of drug-likeness (QED) is 0.816. The minimum atomic E-state index is -4.51. The first-order chi connectivity index (χ1) is 12.1. The summed E-state index contributed by atoms with van der Waals surface area (Å²) in [6, 6.07) is 11.0. The fraction of sp³-hybridized carbons (Fsp3) is 0.222. The molecule has 136 valence electrons. The van der Waals surface area contributed by atoms with Gasteiger partial charge in [-0.3, -0.25) is 4.79 Å². The van der Waals surface area contributed by atoms with Crippen molar-refractivity contribution < 1.29 is 27.1 Å². The molecule has 1 N–H and O–H groups in total. The number of hydrogen-bond donors (Lipinski definition) is 1. The predicted molar refractivity (Wildman–Crippen MR) is 84.8 cm³/mol. The van der Waals surface area contributed by atoms with E-state index in [9.17, 15) is 27.6 Å². The van der Waals surface area contributed by atoms with Crippen molar-refractivity contribution in [3.05, 3.63) is 65.5 Å². The van der Waals surface area contributed by atoms with Crippen molar-refractivity contribution >= 4 is 5.91 Å². The molecular formula is C18H14F4N2O2. The molecule has 0 radical (unpaired) electrons. The standard InChI is InChI=1S/C18H14F4N2O2/c1-17(10-23,11-26-15-5-3-2-4-14(15)19)24-16(25)12-6-8-13(9-7-12)18(20,21)22/h2-9H,11H2,1H3,(H,24,25). The molecule has 1 amide bonds. The molecule has 0 saturated heterocycles. The third-order valence-corrected chi connectivity index (χ3v) is 3.46. The van der Waals surface area contributed by atoms with Crippen LogP contribution < -0.4 is 10.1 Å². The molecule has 0 aromatic heterocycles. The molecule has 0 aliphatic carbocycles. The normalized spacial score (nSPS) is 13.4. The van der Waals surface area contributed by atoms with Crippen LogP contribution in [0.2, 0.25) is 0 Å². The van der Waals surface area contributed by atoms with Gasteiger partial charge in [0.15, 0.2) is 17.1 Å². The molecule has 26 heavy (non-hydrogen) atoms. The average molecular weight is 366 g/mol. The van der Waals surface area contributed by atoms with Gasteiger partial charge in [0, 0.05) is 5.56 Å². The lowest BCUT2D eigenvalue weighted by molar-refractivity contribution is -0.137. The van der Waals surface area contributed by atoms with Crippen LogP contribution in [0.4, 0.5) is 17.6 Å². The smallest absolute Gasteiger partial charge is 0.416 e. The molecule has 0 aliphatic heterocycles.